The summed E-state index contributed by atoms with van der Waals surface area (Å²) < 4.78 is 5.74. The first-order chi connectivity index (χ1) is 10.4. The van der Waals surface area contributed by atoms with Crippen LogP contribution in [0.3, 0.4) is 0 Å². The molecule has 3 nitrogen and oxygen atoms in total. The van der Waals surface area contributed by atoms with E-state index in [1.807, 2.05) is 32.0 Å². The summed E-state index contributed by atoms with van der Waals surface area (Å²) in [5.74, 6) is 0.407. The molecule has 1 N–H and O–H groups in total. The maximum Gasteiger partial charge on any atom is 0.265 e. The van der Waals surface area contributed by atoms with Crippen molar-refractivity contribution >= 4 is 34.8 Å². The lowest BCUT2D eigenvalue weighted by atomic mass is 10.1. The zero-order valence-corrected chi connectivity index (χ0v) is 14.1. The van der Waals surface area contributed by atoms with Crippen LogP contribution >= 0.6 is 23.2 Å². The quantitative estimate of drug-likeness (QED) is 0.850. The predicted octanol–water partition coefficient (Wildman–Crippen LogP) is 5.02. The standard InChI is InChI=1S/C17H17Cl2NO2/c1-10-4-5-11(2)16(8-10)22-12(3)17(21)20-15-9-13(18)6-7-14(15)19/h4-9,12H,1-3H3,(H,20,21)/t12-/m0/s1. The highest BCUT2D eigenvalue weighted by Gasteiger charge is 2.17. The van der Waals surface area contributed by atoms with Gasteiger partial charge in [-0.25, -0.2) is 0 Å². The number of rotatable bonds is 4. The molecular weight excluding hydrogens is 321 g/mol. The van der Waals surface area contributed by atoms with E-state index >= 15 is 0 Å². The van der Waals surface area contributed by atoms with Gasteiger partial charge < -0.3 is 10.1 Å². The Balaban J connectivity index is 2.09. The first kappa shape index (κ1) is 16.7. The summed E-state index contributed by atoms with van der Waals surface area (Å²) >= 11 is 11.9. The molecule has 0 aromatic heterocycles. The Morgan fingerprint density at radius 1 is 1.14 bits per heavy atom. The van der Waals surface area contributed by atoms with Crippen molar-refractivity contribution in [1.29, 1.82) is 0 Å². The number of benzene rings is 2. The predicted molar refractivity (Wildman–Crippen MR) is 91.1 cm³/mol. The average molecular weight is 338 g/mol. The number of halogens is 2. The molecule has 0 aliphatic rings. The number of nitrogens with one attached hydrogen (secondary N) is 1. The number of ether oxygens (including phenoxy) is 1. The molecule has 0 saturated heterocycles. The van der Waals surface area contributed by atoms with Gasteiger partial charge in [0.05, 0.1) is 10.7 Å². The molecule has 2 rings (SSSR count). The summed E-state index contributed by atoms with van der Waals surface area (Å²) in [6, 6.07) is 10.8. The van der Waals surface area contributed by atoms with Gasteiger partial charge in [0.2, 0.25) is 0 Å². The lowest BCUT2D eigenvalue weighted by molar-refractivity contribution is -0.122. The zero-order valence-electron chi connectivity index (χ0n) is 12.6. The minimum absolute atomic E-state index is 0.287. The third-order valence-corrected chi connectivity index (χ3v) is 3.77. The molecule has 0 unspecified atom stereocenters. The van der Waals surface area contributed by atoms with E-state index in [-0.39, 0.29) is 5.91 Å². The molecule has 0 aliphatic heterocycles. The molecular formula is C17H17Cl2NO2. The molecule has 1 atom stereocenters. The van der Waals surface area contributed by atoms with Crippen molar-refractivity contribution < 1.29 is 9.53 Å². The van der Waals surface area contributed by atoms with Gasteiger partial charge in [-0.05, 0) is 56.2 Å². The molecule has 1 amide bonds. The van der Waals surface area contributed by atoms with Gasteiger partial charge in [0.15, 0.2) is 6.10 Å². The number of carbonyl (C=O) groups is 1. The van der Waals surface area contributed by atoms with E-state index in [0.717, 1.165) is 11.1 Å². The number of anilines is 1. The van der Waals surface area contributed by atoms with Gasteiger partial charge in [0.1, 0.15) is 5.75 Å². The largest absolute Gasteiger partial charge is 0.481 e. The average Bonchev–Trinajstić information content (AvgIpc) is 2.46. The molecule has 116 valence electrons. The van der Waals surface area contributed by atoms with E-state index in [9.17, 15) is 4.79 Å². The fraction of sp³-hybridized carbons (Fsp3) is 0.235. The Bertz CT molecular complexity index is 701. The summed E-state index contributed by atoms with van der Waals surface area (Å²) in [5, 5.41) is 3.65. The van der Waals surface area contributed by atoms with E-state index in [0.29, 0.717) is 21.5 Å². The third kappa shape index (κ3) is 4.15. The first-order valence-corrected chi connectivity index (χ1v) is 7.62. The second kappa shape index (κ2) is 7.03. The molecule has 0 heterocycles. The van der Waals surface area contributed by atoms with E-state index in [2.05, 4.69) is 5.32 Å². The normalized spacial score (nSPS) is 11.9. The van der Waals surface area contributed by atoms with Crippen LogP contribution in [0.5, 0.6) is 5.75 Å². The van der Waals surface area contributed by atoms with E-state index in [1.165, 1.54) is 0 Å². The molecule has 0 saturated carbocycles. The summed E-state index contributed by atoms with van der Waals surface area (Å²) in [7, 11) is 0. The molecule has 0 spiro atoms. The van der Waals surface area contributed by atoms with Gasteiger partial charge in [-0.3, -0.25) is 4.79 Å². The van der Waals surface area contributed by atoms with Gasteiger partial charge in [0, 0.05) is 5.02 Å². The lowest BCUT2D eigenvalue weighted by Gasteiger charge is -2.17. The maximum absolute atomic E-state index is 12.2. The zero-order chi connectivity index (χ0) is 16.3. The highest BCUT2D eigenvalue weighted by molar-refractivity contribution is 6.35. The van der Waals surface area contributed by atoms with Crippen LogP contribution in [0, 0.1) is 13.8 Å². The van der Waals surface area contributed by atoms with Crippen molar-refractivity contribution in [2.24, 2.45) is 0 Å². The van der Waals surface area contributed by atoms with Crippen LogP contribution in [0.25, 0.3) is 0 Å². The fourth-order valence-electron chi connectivity index (χ4n) is 1.91. The molecule has 0 bridgehead atoms. The molecule has 22 heavy (non-hydrogen) atoms. The summed E-state index contributed by atoms with van der Waals surface area (Å²) in [6.45, 7) is 5.60. The van der Waals surface area contributed by atoms with Crippen molar-refractivity contribution in [3.63, 3.8) is 0 Å². The van der Waals surface area contributed by atoms with Crippen LogP contribution < -0.4 is 10.1 Å². The lowest BCUT2D eigenvalue weighted by Crippen LogP contribution is -2.30. The molecule has 5 heteroatoms. The third-order valence-electron chi connectivity index (χ3n) is 3.20. The number of hydrogen-bond acceptors (Lipinski definition) is 2. The van der Waals surface area contributed by atoms with Crippen molar-refractivity contribution in [2.75, 3.05) is 5.32 Å². The number of amides is 1. The number of aryl methyl sites for hydroxylation is 2. The van der Waals surface area contributed by atoms with E-state index < -0.39 is 6.10 Å². The Morgan fingerprint density at radius 3 is 2.59 bits per heavy atom. The molecule has 0 aliphatic carbocycles. The van der Waals surface area contributed by atoms with Crippen molar-refractivity contribution in [3.05, 3.63) is 57.6 Å². The summed E-state index contributed by atoms with van der Waals surface area (Å²) in [4.78, 5) is 12.2. The van der Waals surface area contributed by atoms with Crippen LogP contribution in [0.1, 0.15) is 18.1 Å². The smallest absolute Gasteiger partial charge is 0.265 e. The van der Waals surface area contributed by atoms with Crippen molar-refractivity contribution in [3.8, 4) is 5.75 Å². The highest BCUT2D eigenvalue weighted by Crippen LogP contribution is 2.26. The molecule has 0 radical (unpaired) electrons. The Hall–Kier alpha value is -1.71. The van der Waals surface area contributed by atoms with E-state index in [1.54, 1.807) is 25.1 Å². The van der Waals surface area contributed by atoms with Gasteiger partial charge in [-0.1, -0.05) is 35.3 Å². The van der Waals surface area contributed by atoms with E-state index in [4.69, 9.17) is 27.9 Å². The SMILES string of the molecule is Cc1ccc(C)c(O[C@@H](C)C(=O)Nc2cc(Cl)ccc2Cl)c1. The van der Waals surface area contributed by atoms with Gasteiger partial charge >= 0.3 is 0 Å². The second-order valence-corrected chi connectivity index (χ2v) is 5.99. The van der Waals surface area contributed by atoms with Crippen LogP contribution in [-0.2, 0) is 4.79 Å². The number of carbonyl (C=O) groups excluding carboxylic acids is 1. The second-order valence-electron chi connectivity index (χ2n) is 5.14. The Labute approximate surface area is 140 Å². The van der Waals surface area contributed by atoms with Gasteiger partial charge in [0.25, 0.3) is 5.91 Å². The fourth-order valence-corrected chi connectivity index (χ4v) is 2.24. The van der Waals surface area contributed by atoms with Gasteiger partial charge in [-0.15, -0.1) is 0 Å². The maximum atomic E-state index is 12.2. The van der Waals surface area contributed by atoms with Crippen LogP contribution in [0.2, 0.25) is 10.0 Å². The van der Waals surface area contributed by atoms with Crippen LogP contribution in [-0.4, -0.2) is 12.0 Å². The van der Waals surface area contributed by atoms with Crippen molar-refractivity contribution in [2.45, 2.75) is 26.9 Å². The monoisotopic (exact) mass is 337 g/mol. The number of hydrogen-bond donors (Lipinski definition) is 1. The van der Waals surface area contributed by atoms with Crippen LogP contribution in [0.4, 0.5) is 5.69 Å². The molecule has 0 fully saturated rings. The first-order valence-electron chi connectivity index (χ1n) is 6.86. The minimum atomic E-state index is -0.657. The molecule has 2 aromatic rings. The highest BCUT2D eigenvalue weighted by atomic mass is 35.5. The van der Waals surface area contributed by atoms with Crippen LogP contribution in [0.15, 0.2) is 36.4 Å². The summed E-state index contributed by atoms with van der Waals surface area (Å²) in [6.07, 6.45) is -0.657. The Kier molecular flexibility index (Phi) is 5.33. The van der Waals surface area contributed by atoms with Crippen molar-refractivity contribution in [1.82, 2.24) is 0 Å². The minimum Gasteiger partial charge on any atom is -0.481 e. The molecule has 2 aromatic carbocycles. The summed E-state index contributed by atoms with van der Waals surface area (Å²) in [5.41, 5.74) is 2.52. The Morgan fingerprint density at radius 2 is 1.86 bits per heavy atom. The van der Waals surface area contributed by atoms with Gasteiger partial charge in [-0.2, -0.15) is 0 Å². The topological polar surface area (TPSA) is 38.3 Å².